The van der Waals surface area contributed by atoms with E-state index >= 15 is 0 Å². The summed E-state index contributed by atoms with van der Waals surface area (Å²) in [6.45, 7) is 14.0. The average Bonchev–Trinajstić information content (AvgIpc) is 2.24. The highest BCUT2D eigenvalue weighted by atomic mass is 28.3. The fourth-order valence-electron chi connectivity index (χ4n) is 1.94. The third-order valence-electron chi connectivity index (χ3n) is 3.11. The van der Waals surface area contributed by atoms with E-state index in [1.165, 1.54) is 10.4 Å². The van der Waals surface area contributed by atoms with Gasteiger partial charge in [-0.05, 0) is 11.3 Å². The fraction of sp³-hybridized carbons (Fsp3) is 0.375. The second-order valence-corrected chi connectivity index (χ2v) is 16.9. The van der Waals surface area contributed by atoms with Gasteiger partial charge in [-0.25, -0.2) is 0 Å². The standard InChI is InChI=1S/C16H22Si2/c1-9-13-11-14(17(3,4)5)12-16(15(13)10-2)18(6,7)8/h1-2,11-12H,3-8H3. The van der Waals surface area contributed by atoms with Gasteiger partial charge in [0.2, 0.25) is 0 Å². The van der Waals surface area contributed by atoms with Crippen molar-refractivity contribution in [3.05, 3.63) is 23.3 Å². The maximum absolute atomic E-state index is 5.67. The van der Waals surface area contributed by atoms with Crippen LogP contribution in [0.2, 0.25) is 39.3 Å². The van der Waals surface area contributed by atoms with Crippen molar-refractivity contribution in [2.45, 2.75) is 39.3 Å². The molecule has 0 spiro atoms. The summed E-state index contributed by atoms with van der Waals surface area (Å²) in [6, 6.07) is 4.46. The lowest BCUT2D eigenvalue weighted by atomic mass is 10.1. The van der Waals surface area contributed by atoms with E-state index in [9.17, 15) is 0 Å². The zero-order valence-electron chi connectivity index (χ0n) is 12.3. The van der Waals surface area contributed by atoms with E-state index < -0.39 is 16.1 Å². The molecule has 1 aromatic rings. The molecule has 2 heteroatoms. The van der Waals surface area contributed by atoms with Gasteiger partial charge < -0.3 is 0 Å². The van der Waals surface area contributed by atoms with E-state index in [2.05, 4.69) is 63.3 Å². The van der Waals surface area contributed by atoms with Crippen LogP contribution in [0.3, 0.4) is 0 Å². The Hall–Kier alpha value is -1.23. The molecule has 1 rings (SSSR count). The van der Waals surface area contributed by atoms with Gasteiger partial charge in [-0.1, -0.05) is 62.4 Å². The van der Waals surface area contributed by atoms with E-state index in [0.29, 0.717) is 0 Å². The summed E-state index contributed by atoms with van der Waals surface area (Å²) in [5.41, 5.74) is 1.84. The third kappa shape index (κ3) is 2.96. The monoisotopic (exact) mass is 270 g/mol. The van der Waals surface area contributed by atoms with Crippen molar-refractivity contribution < 1.29 is 0 Å². The van der Waals surface area contributed by atoms with Crippen molar-refractivity contribution in [1.82, 2.24) is 0 Å². The van der Waals surface area contributed by atoms with Gasteiger partial charge in [0.25, 0.3) is 0 Å². The van der Waals surface area contributed by atoms with E-state index in [1.54, 1.807) is 0 Å². The van der Waals surface area contributed by atoms with E-state index in [0.717, 1.165) is 11.1 Å². The van der Waals surface area contributed by atoms with Crippen molar-refractivity contribution in [1.29, 1.82) is 0 Å². The summed E-state index contributed by atoms with van der Waals surface area (Å²) in [5, 5.41) is 2.74. The van der Waals surface area contributed by atoms with Crippen LogP contribution >= 0.6 is 0 Å². The fourth-order valence-corrected chi connectivity index (χ4v) is 4.78. The Morgan fingerprint density at radius 3 is 1.72 bits per heavy atom. The Morgan fingerprint density at radius 1 is 0.833 bits per heavy atom. The lowest BCUT2D eigenvalue weighted by Crippen LogP contribution is -2.46. The molecular weight excluding hydrogens is 248 g/mol. The topological polar surface area (TPSA) is 0 Å². The summed E-state index contributed by atoms with van der Waals surface area (Å²) in [5.74, 6) is 5.58. The smallest absolute Gasteiger partial charge is 0.0792 e. The first-order chi connectivity index (χ1) is 8.11. The Bertz CT molecular complexity index is 541. The highest BCUT2D eigenvalue weighted by Gasteiger charge is 2.25. The molecule has 0 aliphatic rings. The molecule has 0 bridgehead atoms. The van der Waals surface area contributed by atoms with Crippen molar-refractivity contribution >= 4 is 26.5 Å². The van der Waals surface area contributed by atoms with Crippen LogP contribution in [0, 0.1) is 24.7 Å². The second-order valence-electron chi connectivity index (χ2n) is 6.74. The van der Waals surface area contributed by atoms with Crippen LogP contribution in [0.4, 0.5) is 0 Å². The molecule has 0 amide bonds. The van der Waals surface area contributed by atoms with E-state index in [-0.39, 0.29) is 0 Å². The molecule has 1 aromatic carbocycles. The highest BCUT2D eigenvalue weighted by Crippen LogP contribution is 2.13. The van der Waals surface area contributed by atoms with Crippen LogP contribution in [0.1, 0.15) is 11.1 Å². The molecule has 0 saturated carbocycles. The van der Waals surface area contributed by atoms with Crippen molar-refractivity contribution in [2.75, 3.05) is 0 Å². The second kappa shape index (κ2) is 4.80. The van der Waals surface area contributed by atoms with Crippen LogP contribution in [0.5, 0.6) is 0 Å². The Labute approximate surface area is 114 Å². The van der Waals surface area contributed by atoms with Crippen molar-refractivity contribution in [3.8, 4) is 24.7 Å². The summed E-state index contributed by atoms with van der Waals surface area (Å²) in [4.78, 5) is 0. The molecule has 0 aromatic heterocycles. The molecule has 0 unspecified atom stereocenters. The van der Waals surface area contributed by atoms with E-state index in [1.807, 2.05) is 0 Å². The lowest BCUT2D eigenvalue weighted by molar-refractivity contribution is 1.59. The number of terminal acetylenes is 2. The van der Waals surface area contributed by atoms with Crippen molar-refractivity contribution in [2.24, 2.45) is 0 Å². The van der Waals surface area contributed by atoms with Crippen molar-refractivity contribution in [3.63, 3.8) is 0 Å². The first-order valence-electron chi connectivity index (χ1n) is 6.23. The molecule has 0 aliphatic heterocycles. The minimum absolute atomic E-state index is 0.898. The summed E-state index contributed by atoms with van der Waals surface area (Å²) in [6.07, 6.45) is 11.3. The number of rotatable bonds is 2. The van der Waals surface area contributed by atoms with Crippen LogP contribution in [0.15, 0.2) is 12.1 Å². The predicted octanol–water partition coefficient (Wildman–Crippen LogP) is 2.74. The molecule has 0 nitrogen and oxygen atoms in total. The van der Waals surface area contributed by atoms with Gasteiger partial charge in [0.05, 0.1) is 16.1 Å². The zero-order chi connectivity index (χ0) is 14.1. The van der Waals surface area contributed by atoms with Gasteiger partial charge in [-0.3, -0.25) is 0 Å². The molecule has 0 saturated heterocycles. The highest BCUT2D eigenvalue weighted by molar-refractivity contribution is 6.91. The molecule has 18 heavy (non-hydrogen) atoms. The Morgan fingerprint density at radius 2 is 1.39 bits per heavy atom. The van der Waals surface area contributed by atoms with Crippen LogP contribution in [0.25, 0.3) is 0 Å². The van der Waals surface area contributed by atoms with Gasteiger partial charge in [-0.15, -0.1) is 12.8 Å². The van der Waals surface area contributed by atoms with Gasteiger partial charge >= 0.3 is 0 Å². The van der Waals surface area contributed by atoms with Gasteiger partial charge in [0, 0.05) is 11.1 Å². The molecule has 0 radical (unpaired) electrons. The third-order valence-corrected chi connectivity index (χ3v) is 7.14. The Balaban J connectivity index is 3.71. The summed E-state index contributed by atoms with van der Waals surface area (Å²) in [7, 11) is -2.84. The molecule has 94 valence electrons. The van der Waals surface area contributed by atoms with Crippen LogP contribution < -0.4 is 10.4 Å². The minimum Gasteiger partial charge on any atom is -0.115 e. The summed E-state index contributed by atoms with van der Waals surface area (Å²) < 4.78 is 0. The van der Waals surface area contributed by atoms with Gasteiger partial charge in [0.15, 0.2) is 0 Å². The number of benzene rings is 1. The molecule has 0 fully saturated rings. The van der Waals surface area contributed by atoms with Crippen LogP contribution in [-0.2, 0) is 0 Å². The largest absolute Gasteiger partial charge is 0.115 e. The molecular formula is C16H22Si2. The van der Waals surface area contributed by atoms with Crippen LogP contribution in [-0.4, -0.2) is 16.1 Å². The van der Waals surface area contributed by atoms with E-state index in [4.69, 9.17) is 12.8 Å². The molecule has 0 heterocycles. The molecule has 0 N–H and O–H groups in total. The Kier molecular flexibility index (Phi) is 3.96. The van der Waals surface area contributed by atoms with Gasteiger partial charge in [0.1, 0.15) is 0 Å². The zero-order valence-corrected chi connectivity index (χ0v) is 14.3. The summed E-state index contributed by atoms with van der Waals surface area (Å²) >= 11 is 0. The normalized spacial score (nSPS) is 11.8. The maximum atomic E-state index is 5.67. The first-order valence-corrected chi connectivity index (χ1v) is 13.2. The SMILES string of the molecule is C#Cc1cc([Si](C)(C)C)cc([Si](C)(C)C)c1C#C. The quantitative estimate of drug-likeness (QED) is 0.573. The number of hydrogen-bond donors (Lipinski definition) is 0. The van der Waals surface area contributed by atoms with Gasteiger partial charge in [-0.2, -0.15) is 0 Å². The lowest BCUT2D eigenvalue weighted by Gasteiger charge is -2.25. The number of hydrogen-bond acceptors (Lipinski definition) is 0. The first kappa shape index (κ1) is 14.8. The average molecular weight is 271 g/mol. The molecule has 0 aliphatic carbocycles. The maximum Gasteiger partial charge on any atom is 0.0792 e. The molecule has 0 atom stereocenters. The minimum atomic E-state index is -1.47. The predicted molar refractivity (Wildman–Crippen MR) is 88.3 cm³/mol.